The van der Waals surface area contributed by atoms with Crippen LogP contribution in [0.15, 0.2) is 0 Å². The fraction of sp³-hybridized carbons (Fsp3) is 0.909. The van der Waals surface area contributed by atoms with Crippen molar-refractivity contribution in [2.24, 2.45) is 0 Å². The molecular weight excluding hydrogens is 192 g/mol. The number of hydrogen-bond acceptors (Lipinski definition) is 3. The molecule has 0 aromatic rings. The Morgan fingerprint density at radius 1 is 1.40 bits per heavy atom. The van der Waals surface area contributed by atoms with E-state index in [1.165, 1.54) is 19.3 Å². The Morgan fingerprint density at radius 2 is 2.00 bits per heavy atom. The normalized spacial score (nSPS) is 22.3. The summed E-state index contributed by atoms with van der Waals surface area (Å²) in [5, 5.41) is 12.3. The highest BCUT2D eigenvalue weighted by molar-refractivity contribution is 5.78. The fourth-order valence-electron chi connectivity index (χ4n) is 2.15. The maximum atomic E-state index is 11.2. The van der Waals surface area contributed by atoms with Crippen LogP contribution in [0.3, 0.4) is 0 Å². The van der Waals surface area contributed by atoms with E-state index in [1.54, 1.807) is 6.92 Å². The highest BCUT2D eigenvalue weighted by Gasteiger charge is 2.34. The summed E-state index contributed by atoms with van der Waals surface area (Å²) in [5.41, 5.74) is -0.800. The first kappa shape index (κ1) is 12.5. The molecule has 88 valence electrons. The van der Waals surface area contributed by atoms with Crippen molar-refractivity contribution in [3.8, 4) is 0 Å². The molecule has 0 saturated carbocycles. The number of likely N-dealkylation sites (tertiary alicyclic amines) is 1. The van der Waals surface area contributed by atoms with Crippen LogP contribution in [0.5, 0.6) is 0 Å². The topological polar surface area (TPSA) is 52.6 Å². The molecule has 1 unspecified atom stereocenters. The SMILES string of the molecule is CCNC(C)(CN1CCCCC1)C(=O)O. The lowest BCUT2D eigenvalue weighted by Gasteiger charge is -2.34. The third-order valence-electron chi connectivity index (χ3n) is 3.03. The van der Waals surface area contributed by atoms with Gasteiger partial charge in [0, 0.05) is 6.54 Å². The van der Waals surface area contributed by atoms with Crippen LogP contribution in [-0.2, 0) is 4.79 Å². The van der Waals surface area contributed by atoms with Gasteiger partial charge in [0.25, 0.3) is 0 Å². The summed E-state index contributed by atoms with van der Waals surface area (Å²) in [6.07, 6.45) is 3.67. The molecule has 1 aliphatic rings. The number of hydrogen-bond donors (Lipinski definition) is 2. The van der Waals surface area contributed by atoms with E-state index >= 15 is 0 Å². The molecule has 1 aliphatic heterocycles. The molecule has 2 N–H and O–H groups in total. The molecule has 0 bridgehead atoms. The minimum atomic E-state index is -0.800. The van der Waals surface area contributed by atoms with Crippen LogP contribution >= 0.6 is 0 Å². The molecule has 1 atom stereocenters. The van der Waals surface area contributed by atoms with E-state index < -0.39 is 11.5 Å². The van der Waals surface area contributed by atoms with Gasteiger partial charge in [-0.2, -0.15) is 0 Å². The van der Waals surface area contributed by atoms with Gasteiger partial charge in [-0.05, 0) is 39.4 Å². The lowest BCUT2D eigenvalue weighted by Crippen LogP contribution is -2.57. The first-order chi connectivity index (χ1) is 7.08. The second-order valence-corrected chi connectivity index (χ2v) is 4.50. The van der Waals surface area contributed by atoms with Gasteiger partial charge < -0.3 is 15.3 Å². The molecule has 15 heavy (non-hydrogen) atoms. The van der Waals surface area contributed by atoms with Crippen molar-refractivity contribution >= 4 is 5.97 Å². The maximum Gasteiger partial charge on any atom is 0.324 e. The lowest BCUT2D eigenvalue weighted by molar-refractivity contribution is -0.145. The molecule has 0 amide bonds. The Morgan fingerprint density at radius 3 is 2.47 bits per heavy atom. The van der Waals surface area contributed by atoms with Crippen molar-refractivity contribution in [3.63, 3.8) is 0 Å². The van der Waals surface area contributed by atoms with Gasteiger partial charge in [-0.15, -0.1) is 0 Å². The van der Waals surface area contributed by atoms with Crippen LogP contribution < -0.4 is 5.32 Å². The van der Waals surface area contributed by atoms with Gasteiger partial charge in [-0.3, -0.25) is 4.79 Å². The van der Waals surface area contributed by atoms with Crippen LogP contribution in [-0.4, -0.2) is 47.7 Å². The highest BCUT2D eigenvalue weighted by atomic mass is 16.4. The van der Waals surface area contributed by atoms with E-state index in [1.807, 2.05) is 6.92 Å². The Bertz CT molecular complexity index is 215. The average molecular weight is 214 g/mol. The number of nitrogens with zero attached hydrogens (tertiary/aromatic N) is 1. The summed E-state index contributed by atoms with van der Waals surface area (Å²) in [6.45, 7) is 7.08. The van der Waals surface area contributed by atoms with Crippen LogP contribution in [0.1, 0.15) is 33.1 Å². The monoisotopic (exact) mass is 214 g/mol. The van der Waals surface area contributed by atoms with Crippen molar-refractivity contribution in [2.45, 2.75) is 38.6 Å². The average Bonchev–Trinajstić information content (AvgIpc) is 2.19. The fourth-order valence-corrected chi connectivity index (χ4v) is 2.15. The Labute approximate surface area is 91.6 Å². The number of nitrogens with one attached hydrogen (secondary N) is 1. The quantitative estimate of drug-likeness (QED) is 0.714. The van der Waals surface area contributed by atoms with Crippen molar-refractivity contribution in [1.29, 1.82) is 0 Å². The largest absolute Gasteiger partial charge is 0.480 e. The molecule has 0 spiro atoms. The number of piperidine rings is 1. The van der Waals surface area contributed by atoms with Crippen molar-refractivity contribution in [3.05, 3.63) is 0 Å². The smallest absolute Gasteiger partial charge is 0.324 e. The Hall–Kier alpha value is -0.610. The standard InChI is InChI=1S/C11H22N2O2/c1-3-12-11(2,10(14)15)9-13-7-5-4-6-8-13/h12H,3-9H2,1-2H3,(H,14,15). The number of carboxylic acid groups (broad SMARTS) is 1. The zero-order chi connectivity index (χ0) is 11.3. The van der Waals surface area contributed by atoms with E-state index in [9.17, 15) is 9.90 Å². The first-order valence-electron chi connectivity index (χ1n) is 5.79. The predicted octanol–water partition coefficient (Wildman–Crippen LogP) is 0.925. The van der Waals surface area contributed by atoms with Gasteiger partial charge in [0.1, 0.15) is 5.54 Å². The molecule has 0 aromatic carbocycles. The maximum absolute atomic E-state index is 11.2. The van der Waals surface area contributed by atoms with E-state index in [4.69, 9.17) is 0 Å². The molecule has 4 heteroatoms. The van der Waals surface area contributed by atoms with Crippen LogP contribution in [0, 0.1) is 0 Å². The molecule has 0 aliphatic carbocycles. The molecule has 1 fully saturated rings. The van der Waals surface area contributed by atoms with E-state index in [0.29, 0.717) is 13.1 Å². The predicted molar refractivity (Wildman–Crippen MR) is 60.0 cm³/mol. The van der Waals surface area contributed by atoms with E-state index in [2.05, 4.69) is 10.2 Å². The summed E-state index contributed by atoms with van der Waals surface area (Å²) in [6, 6.07) is 0. The van der Waals surface area contributed by atoms with Crippen LogP contribution in [0.2, 0.25) is 0 Å². The number of likely N-dealkylation sites (N-methyl/N-ethyl adjacent to an activating group) is 1. The van der Waals surface area contributed by atoms with Gasteiger partial charge in [-0.25, -0.2) is 0 Å². The second kappa shape index (κ2) is 5.47. The summed E-state index contributed by atoms with van der Waals surface area (Å²) in [5.74, 6) is -0.755. The third kappa shape index (κ3) is 3.47. The van der Waals surface area contributed by atoms with Gasteiger partial charge in [-0.1, -0.05) is 13.3 Å². The summed E-state index contributed by atoms with van der Waals surface area (Å²) in [7, 11) is 0. The van der Waals surface area contributed by atoms with E-state index in [-0.39, 0.29) is 0 Å². The van der Waals surface area contributed by atoms with Crippen LogP contribution in [0.25, 0.3) is 0 Å². The molecule has 0 aromatic heterocycles. The number of rotatable bonds is 5. The highest BCUT2D eigenvalue weighted by Crippen LogP contribution is 2.13. The minimum Gasteiger partial charge on any atom is -0.480 e. The molecular formula is C11H22N2O2. The second-order valence-electron chi connectivity index (χ2n) is 4.50. The first-order valence-corrected chi connectivity index (χ1v) is 5.79. The van der Waals surface area contributed by atoms with E-state index in [0.717, 1.165) is 13.1 Å². The number of carbonyl (C=O) groups is 1. The van der Waals surface area contributed by atoms with Crippen LogP contribution in [0.4, 0.5) is 0 Å². The zero-order valence-electron chi connectivity index (χ0n) is 9.75. The molecule has 4 nitrogen and oxygen atoms in total. The third-order valence-corrected chi connectivity index (χ3v) is 3.03. The Balaban J connectivity index is 2.52. The minimum absolute atomic E-state index is 0.607. The van der Waals surface area contributed by atoms with Gasteiger partial charge >= 0.3 is 5.97 Å². The summed E-state index contributed by atoms with van der Waals surface area (Å²) in [4.78, 5) is 13.4. The zero-order valence-corrected chi connectivity index (χ0v) is 9.75. The van der Waals surface area contributed by atoms with Crippen molar-refractivity contribution in [2.75, 3.05) is 26.2 Å². The number of carboxylic acids is 1. The van der Waals surface area contributed by atoms with Gasteiger partial charge in [0.2, 0.25) is 0 Å². The Kier molecular flexibility index (Phi) is 4.54. The van der Waals surface area contributed by atoms with Crippen molar-refractivity contribution < 1.29 is 9.90 Å². The summed E-state index contributed by atoms with van der Waals surface area (Å²) < 4.78 is 0. The molecule has 0 radical (unpaired) electrons. The number of aliphatic carboxylic acids is 1. The molecule has 1 rings (SSSR count). The van der Waals surface area contributed by atoms with Gasteiger partial charge in [0.15, 0.2) is 0 Å². The molecule has 1 heterocycles. The lowest BCUT2D eigenvalue weighted by atomic mass is 10.00. The molecule has 1 saturated heterocycles. The van der Waals surface area contributed by atoms with Crippen molar-refractivity contribution in [1.82, 2.24) is 10.2 Å². The van der Waals surface area contributed by atoms with Gasteiger partial charge in [0.05, 0.1) is 0 Å². The summed E-state index contributed by atoms with van der Waals surface area (Å²) >= 11 is 0.